The van der Waals surface area contributed by atoms with Gasteiger partial charge in [0.2, 0.25) is 0 Å². The number of benzene rings is 2. The highest BCUT2D eigenvalue weighted by molar-refractivity contribution is 5.56. The minimum absolute atomic E-state index is 0.670. The first-order valence-electron chi connectivity index (χ1n) is 9.36. The van der Waals surface area contributed by atoms with Crippen molar-refractivity contribution in [2.75, 3.05) is 18.5 Å². The average molecular weight is 341 g/mol. The second-order valence-corrected chi connectivity index (χ2v) is 6.73. The van der Waals surface area contributed by atoms with Crippen LogP contribution in [0.5, 0.6) is 11.5 Å². The van der Waals surface area contributed by atoms with Crippen LogP contribution in [0.1, 0.15) is 45.6 Å². The van der Waals surface area contributed by atoms with E-state index in [9.17, 15) is 0 Å². The standard InChI is InChI=1S/C22H31NO2/c1-4-5-15-25-22-9-7-6-8-21(22)23-17-19-10-12-20(13-11-19)24-16-14-18(2)3/h6-13,18,23H,4-5,14-17H2,1-3H3. The molecule has 0 radical (unpaired) electrons. The van der Waals surface area contributed by atoms with Gasteiger partial charge in [-0.2, -0.15) is 0 Å². The minimum Gasteiger partial charge on any atom is -0.494 e. The van der Waals surface area contributed by atoms with E-state index in [1.807, 2.05) is 30.3 Å². The molecule has 1 N–H and O–H groups in total. The summed E-state index contributed by atoms with van der Waals surface area (Å²) >= 11 is 0. The number of anilines is 1. The molecule has 136 valence electrons. The molecular formula is C22H31NO2. The summed E-state index contributed by atoms with van der Waals surface area (Å²) in [4.78, 5) is 0. The van der Waals surface area contributed by atoms with E-state index in [1.54, 1.807) is 0 Å². The van der Waals surface area contributed by atoms with Gasteiger partial charge in [0.05, 0.1) is 18.9 Å². The van der Waals surface area contributed by atoms with Gasteiger partial charge in [-0.15, -0.1) is 0 Å². The molecule has 2 rings (SSSR count). The van der Waals surface area contributed by atoms with Gasteiger partial charge in [0.15, 0.2) is 0 Å². The molecule has 0 aliphatic rings. The summed E-state index contributed by atoms with van der Waals surface area (Å²) in [6, 6.07) is 16.4. The van der Waals surface area contributed by atoms with Crippen LogP contribution in [0.25, 0.3) is 0 Å². The van der Waals surface area contributed by atoms with Gasteiger partial charge in [-0.1, -0.05) is 51.5 Å². The molecule has 0 bridgehead atoms. The van der Waals surface area contributed by atoms with Gasteiger partial charge in [0, 0.05) is 6.54 Å². The van der Waals surface area contributed by atoms with Crippen molar-refractivity contribution < 1.29 is 9.47 Å². The number of rotatable bonds is 11. The predicted molar refractivity (Wildman–Crippen MR) is 106 cm³/mol. The minimum atomic E-state index is 0.670. The number of unbranched alkanes of at least 4 members (excludes halogenated alkanes) is 1. The molecule has 0 amide bonds. The van der Waals surface area contributed by atoms with Gasteiger partial charge >= 0.3 is 0 Å². The van der Waals surface area contributed by atoms with E-state index in [1.165, 1.54) is 5.56 Å². The molecule has 0 unspecified atom stereocenters. The van der Waals surface area contributed by atoms with Crippen molar-refractivity contribution >= 4 is 5.69 Å². The first-order chi connectivity index (χ1) is 12.2. The predicted octanol–water partition coefficient (Wildman–Crippen LogP) is 5.90. The lowest BCUT2D eigenvalue weighted by Gasteiger charge is -2.13. The van der Waals surface area contributed by atoms with Crippen molar-refractivity contribution in [3.05, 3.63) is 54.1 Å². The highest BCUT2D eigenvalue weighted by Crippen LogP contribution is 2.25. The molecule has 0 aliphatic heterocycles. The maximum Gasteiger partial charge on any atom is 0.142 e. The lowest BCUT2D eigenvalue weighted by molar-refractivity contribution is 0.289. The molecular weight excluding hydrogens is 310 g/mol. The van der Waals surface area contributed by atoms with Gasteiger partial charge in [-0.3, -0.25) is 0 Å². The second-order valence-electron chi connectivity index (χ2n) is 6.73. The maximum atomic E-state index is 5.87. The lowest BCUT2D eigenvalue weighted by atomic mass is 10.1. The van der Waals surface area contributed by atoms with Crippen molar-refractivity contribution in [2.24, 2.45) is 5.92 Å². The largest absolute Gasteiger partial charge is 0.494 e. The van der Waals surface area contributed by atoms with Crippen molar-refractivity contribution in [1.82, 2.24) is 0 Å². The summed E-state index contributed by atoms with van der Waals surface area (Å²) in [6.45, 7) is 8.89. The number of para-hydroxylation sites is 2. The Bertz CT molecular complexity index is 608. The van der Waals surface area contributed by atoms with Gasteiger partial charge in [0.1, 0.15) is 11.5 Å². The number of hydrogen-bond acceptors (Lipinski definition) is 3. The molecule has 3 heteroatoms. The van der Waals surface area contributed by atoms with E-state index in [4.69, 9.17) is 9.47 Å². The first-order valence-corrected chi connectivity index (χ1v) is 9.36. The zero-order valence-corrected chi connectivity index (χ0v) is 15.8. The fourth-order valence-electron chi connectivity index (χ4n) is 2.38. The molecule has 0 saturated carbocycles. The quantitative estimate of drug-likeness (QED) is 0.516. The maximum absolute atomic E-state index is 5.87. The SMILES string of the molecule is CCCCOc1ccccc1NCc1ccc(OCCC(C)C)cc1. The summed E-state index contributed by atoms with van der Waals surface area (Å²) < 4.78 is 11.6. The molecule has 0 saturated heterocycles. The molecule has 25 heavy (non-hydrogen) atoms. The Morgan fingerprint density at radius 2 is 1.68 bits per heavy atom. The van der Waals surface area contributed by atoms with E-state index in [-0.39, 0.29) is 0 Å². The van der Waals surface area contributed by atoms with Crippen molar-refractivity contribution in [2.45, 2.75) is 46.6 Å². The summed E-state index contributed by atoms with van der Waals surface area (Å²) in [6.07, 6.45) is 3.30. The van der Waals surface area contributed by atoms with Gasteiger partial charge in [-0.25, -0.2) is 0 Å². The normalized spacial score (nSPS) is 10.7. The van der Waals surface area contributed by atoms with Gasteiger partial charge < -0.3 is 14.8 Å². The molecule has 0 atom stereocenters. The van der Waals surface area contributed by atoms with Crippen LogP contribution in [0, 0.1) is 5.92 Å². The fraction of sp³-hybridized carbons (Fsp3) is 0.455. The molecule has 0 fully saturated rings. The zero-order valence-electron chi connectivity index (χ0n) is 15.8. The average Bonchev–Trinajstić information content (AvgIpc) is 2.62. The Balaban J connectivity index is 1.84. The van der Waals surface area contributed by atoms with Crippen LogP contribution in [-0.2, 0) is 6.54 Å². The Morgan fingerprint density at radius 1 is 0.920 bits per heavy atom. The third-order valence-electron chi connectivity index (χ3n) is 4.01. The Hall–Kier alpha value is -2.16. The van der Waals surface area contributed by atoms with Crippen LogP contribution in [0.15, 0.2) is 48.5 Å². The summed E-state index contributed by atoms with van der Waals surface area (Å²) in [7, 11) is 0. The van der Waals surface area contributed by atoms with Crippen molar-refractivity contribution in [1.29, 1.82) is 0 Å². The summed E-state index contributed by atoms with van der Waals surface area (Å²) in [5, 5.41) is 3.47. The van der Waals surface area contributed by atoms with Crippen LogP contribution in [-0.4, -0.2) is 13.2 Å². The number of nitrogens with one attached hydrogen (secondary N) is 1. The van der Waals surface area contributed by atoms with Crippen LogP contribution < -0.4 is 14.8 Å². The van der Waals surface area contributed by atoms with Crippen LogP contribution in [0.4, 0.5) is 5.69 Å². The van der Waals surface area contributed by atoms with Gasteiger partial charge in [-0.05, 0) is 48.6 Å². The molecule has 2 aromatic carbocycles. The zero-order chi connectivity index (χ0) is 17.9. The van der Waals surface area contributed by atoms with E-state index < -0.39 is 0 Å². The number of ether oxygens (including phenoxy) is 2. The molecule has 3 nitrogen and oxygen atoms in total. The molecule has 0 spiro atoms. The molecule has 0 heterocycles. The smallest absolute Gasteiger partial charge is 0.142 e. The highest BCUT2D eigenvalue weighted by atomic mass is 16.5. The topological polar surface area (TPSA) is 30.5 Å². The van der Waals surface area contributed by atoms with E-state index in [0.717, 1.165) is 56.2 Å². The van der Waals surface area contributed by atoms with E-state index in [2.05, 4.69) is 44.3 Å². The van der Waals surface area contributed by atoms with Crippen LogP contribution >= 0.6 is 0 Å². The van der Waals surface area contributed by atoms with Gasteiger partial charge in [0.25, 0.3) is 0 Å². The molecule has 0 aliphatic carbocycles. The third kappa shape index (κ3) is 7.08. The second kappa shape index (κ2) is 10.7. The summed E-state index contributed by atoms with van der Waals surface area (Å²) in [5.74, 6) is 2.53. The molecule has 0 aromatic heterocycles. The third-order valence-corrected chi connectivity index (χ3v) is 4.01. The van der Waals surface area contributed by atoms with Crippen molar-refractivity contribution in [3.63, 3.8) is 0 Å². The number of hydrogen-bond donors (Lipinski definition) is 1. The van der Waals surface area contributed by atoms with Crippen LogP contribution in [0.2, 0.25) is 0 Å². The monoisotopic (exact) mass is 341 g/mol. The Morgan fingerprint density at radius 3 is 2.40 bits per heavy atom. The van der Waals surface area contributed by atoms with E-state index >= 15 is 0 Å². The highest BCUT2D eigenvalue weighted by Gasteiger charge is 2.03. The Labute approximate surface area is 152 Å². The summed E-state index contributed by atoms with van der Waals surface area (Å²) in [5.41, 5.74) is 2.26. The van der Waals surface area contributed by atoms with Crippen LogP contribution in [0.3, 0.4) is 0 Å². The lowest BCUT2D eigenvalue weighted by Crippen LogP contribution is -2.04. The fourth-order valence-corrected chi connectivity index (χ4v) is 2.38. The van der Waals surface area contributed by atoms with Crippen molar-refractivity contribution in [3.8, 4) is 11.5 Å². The Kier molecular flexibility index (Phi) is 8.17. The molecule has 2 aromatic rings. The first kappa shape index (κ1) is 19.2. The van der Waals surface area contributed by atoms with E-state index in [0.29, 0.717) is 5.92 Å².